The number of halogens is 1. The molecule has 1 saturated heterocycles. The highest BCUT2D eigenvalue weighted by molar-refractivity contribution is 9.09. The van der Waals surface area contributed by atoms with Gasteiger partial charge in [-0.25, -0.2) is 0 Å². The first kappa shape index (κ1) is 13.4. The van der Waals surface area contributed by atoms with Crippen LogP contribution < -0.4 is 4.74 Å². The highest BCUT2D eigenvalue weighted by Crippen LogP contribution is 2.21. The average Bonchev–Trinajstić information content (AvgIpc) is 2.47. The van der Waals surface area contributed by atoms with Crippen molar-refractivity contribution in [2.24, 2.45) is 5.92 Å². The Bertz CT molecular complexity index is 397. The van der Waals surface area contributed by atoms with Crippen molar-refractivity contribution in [2.75, 3.05) is 25.5 Å². The number of carbonyl (C=O) groups is 1. The number of hydrogen-bond acceptors (Lipinski definition) is 2. The molecule has 0 aromatic heterocycles. The summed E-state index contributed by atoms with van der Waals surface area (Å²) in [6, 6.07) is 7.33. The number of hydrogen-bond donors (Lipinski definition) is 0. The van der Waals surface area contributed by atoms with Gasteiger partial charge in [0.2, 0.25) is 0 Å². The molecule has 0 spiro atoms. The molecule has 0 N–H and O–H groups in total. The predicted molar refractivity (Wildman–Crippen MR) is 75.4 cm³/mol. The minimum Gasteiger partial charge on any atom is -0.497 e. The van der Waals surface area contributed by atoms with Crippen molar-refractivity contribution < 1.29 is 9.53 Å². The van der Waals surface area contributed by atoms with Gasteiger partial charge in [-0.15, -0.1) is 0 Å². The van der Waals surface area contributed by atoms with Crippen molar-refractivity contribution in [2.45, 2.75) is 12.8 Å². The molecule has 1 aliphatic heterocycles. The number of ether oxygens (including phenoxy) is 1. The maximum Gasteiger partial charge on any atom is 0.253 e. The third-order valence-electron chi connectivity index (χ3n) is 3.46. The van der Waals surface area contributed by atoms with E-state index in [0.29, 0.717) is 5.92 Å². The molecule has 1 heterocycles. The molecule has 1 fully saturated rings. The number of amides is 1. The molecule has 0 radical (unpaired) electrons. The smallest absolute Gasteiger partial charge is 0.253 e. The zero-order chi connectivity index (χ0) is 13.0. The quantitative estimate of drug-likeness (QED) is 0.803. The summed E-state index contributed by atoms with van der Waals surface area (Å²) in [5.41, 5.74) is 0.744. The van der Waals surface area contributed by atoms with Gasteiger partial charge in [0.25, 0.3) is 5.91 Å². The Morgan fingerprint density at radius 2 is 1.94 bits per heavy atom. The van der Waals surface area contributed by atoms with Crippen molar-refractivity contribution in [1.29, 1.82) is 0 Å². The fourth-order valence-corrected chi connectivity index (χ4v) is 2.85. The molecule has 2 rings (SSSR count). The van der Waals surface area contributed by atoms with Gasteiger partial charge < -0.3 is 9.64 Å². The minimum absolute atomic E-state index is 0.130. The Hall–Kier alpha value is -1.03. The first-order valence-corrected chi connectivity index (χ1v) is 7.36. The van der Waals surface area contributed by atoms with Crippen LogP contribution in [0.3, 0.4) is 0 Å². The van der Waals surface area contributed by atoms with Crippen LogP contribution in [0.4, 0.5) is 0 Å². The summed E-state index contributed by atoms with van der Waals surface area (Å²) in [6.45, 7) is 1.72. The second-order valence-electron chi connectivity index (χ2n) is 4.62. The number of carbonyl (C=O) groups excluding carboxylic acids is 1. The topological polar surface area (TPSA) is 29.5 Å². The van der Waals surface area contributed by atoms with Gasteiger partial charge in [0.15, 0.2) is 0 Å². The number of benzene rings is 1. The van der Waals surface area contributed by atoms with Crippen LogP contribution in [-0.2, 0) is 0 Å². The summed E-state index contributed by atoms with van der Waals surface area (Å²) in [7, 11) is 1.63. The lowest BCUT2D eigenvalue weighted by Crippen LogP contribution is -2.38. The lowest BCUT2D eigenvalue weighted by molar-refractivity contribution is 0.0699. The molecule has 1 aromatic carbocycles. The van der Waals surface area contributed by atoms with Crippen LogP contribution in [0.25, 0.3) is 0 Å². The van der Waals surface area contributed by atoms with Crippen molar-refractivity contribution in [3.05, 3.63) is 29.8 Å². The number of rotatable bonds is 3. The Balaban J connectivity index is 1.98. The molecule has 0 saturated carbocycles. The van der Waals surface area contributed by atoms with Crippen molar-refractivity contribution in [3.63, 3.8) is 0 Å². The molecule has 0 bridgehead atoms. The van der Waals surface area contributed by atoms with E-state index in [4.69, 9.17) is 4.74 Å². The molecule has 18 heavy (non-hydrogen) atoms. The van der Waals surface area contributed by atoms with E-state index >= 15 is 0 Å². The van der Waals surface area contributed by atoms with E-state index in [0.717, 1.165) is 42.6 Å². The van der Waals surface area contributed by atoms with Gasteiger partial charge in [-0.2, -0.15) is 0 Å². The normalized spacial score (nSPS) is 16.7. The average molecular weight is 312 g/mol. The third-order valence-corrected chi connectivity index (χ3v) is 4.37. The molecule has 3 nitrogen and oxygen atoms in total. The summed E-state index contributed by atoms with van der Waals surface area (Å²) in [5, 5.41) is 1.04. The van der Waals surface area contributed by atoms with Crippen LogP contribution in [0.15, 0.2) is 24.3 Å². The lowest BCUT2D eigenvalue weighted by Gasteiger charge is -2.31. The van der Waals surface area contributed by atoms with E-state index in [9.17, 15) is 4.79 Å². The Kier molecular flexibility index (Phi) is 4.64. The van der Waals surface area contributed by atoms with Gasteiger partial charge >= 0.3 is 0 Å². The minimum atomic E-state index is 0.130. The number of methoxy groups -OCH3 is 1. The highest BCUT2D eigenvalue weighted by Gasteiger charge is 2.22. The maximum absolute atomic E-state index is 12.3. The molecule has 1 aromatic rings. The van der Waals surface area contributed by atoms with Crippen LogP contribution in [-0.4, -0.2) is 36.3 Å². The standard InChI is InChI=1S/C14H18BrNO2/c1-18-13-4-2-12(3-5-13)14(17)16-8-6-11(10-15)7-9-16/h2-5,11H,6-10H2,1H3. The summed E-state index contributed by atoms with van der Waals surface area (Å²) in [6.07, 6.45) is 2.18. The van der Waals surface area contributed by atoms with Gasteiger partial charge in [0.1, 0.15) is 5.75 Å². The molecule has 0 atom stereocenters. The van der Waals surface area contributed by atoms with E-state index in [1.165, 1.54) is 0 Å². The largest absolute Gasteiger partial charge is 0.497 e. The van der Waals surface area contributed by atoms with E-state index in [1.54, 1.807) is 7.11 Å². The Labute approximate surface area is 116 Å². The summed E-state index contributed by atoms with van der Waals surface area (Å²) >= 11 is 3.51. The fraction of sp³-hybridized carbons (Fsp3) is 0.500. The van der Waals surface area contributed by atoms with Crippen LogP contribution >= 0.6 is 15.9 Å². The molecule has 1 amide bonds. The maximum atomic E-state index is 12.3. The molecular weight excluding hydrogens is 294 g/mol. The number of alkyl halides is 1. The number of nitrogens with zero attached hydrogens (tertiary/aromatic N) is 1. The second-order valence-corrected chi connectivity index (χ2v) is 5.27. The van der Waals surface area contributed by atoms with Gasteiger partial charge in [-0.05, 0) is 43.0 Å². The van der Waals surface area contributed by atoms with Gasteiger partial charge in [0.05, 0.1) is 7.11 Å². The van der Waals surface area contributed by atoms with E-state index in [2.05, 4.69) is 15.9 Å². The first-order chi connectivity index (χ1) is 8.74. The SMILES string of the molecule is COc1ccc(C(=O)N2CCC(CBr)CC2)cc1. The van der Waals surface area contributed by atoms with E-state index in [1.807, 2.05) is 29.2 Å². The third kappa shape index (κ3) is 3.05. The number of piperidine rings is 1. The zero-order valence-corrected chi connectivity index (χ0v) is 12.1. The molecule has 4 heteroatoms. The zero-order valence-electron chi connectivity index (χ0n) is 10.6. The summed E-state index contributed by atoms with van der Waals surface area (Å²) < 4.78 is 5.09. The molecule has 98 valence electrons. The fourth-order valence-electron chi connectivity index (χ4n) is 2.21. The van der Waals surface area contributed by atoms with Crippen molar-refractivity contribution in [1.82, 2.24) is 4.90 Å². The second kappa shape index (κ2) is 6.23. The number of likely N-dealkylation sites (tertiary alicyclic amines) is 1. The van der Waals surface area contributed by atoms with Gasteiger partial charge in [-0.1, -0.05) is 15.9 Å². The monoisotopic (exact) mass is 311 g/mol. The van der Waals surface area contributed by atoms with E-state index in [-0.39, 0.29) is 5.91 Å². The van der Waals surface area contributed by atoms with Gasteiger partial charge in [-0.3, -0.25) is 4.79 Å². The van der Waals surface area contributed by atoms with Crippen LogP contribution in [0.2, 0.25) is 0 Å². The molecule has 1 aliphatic rings. The molecule has 0 unspecified atom stereocenters. The highest BCUT2D eigenvalue weighted by atomic mass is 79.9. The Morgan fingerprint density at radius 3 is 2.44 bits per heavy atom. The molecule has 0 aliphatic carbocycles. The van der Waals surface area contributed by atoms with Crippen LogP contribution in [0.1, 0.15) is 23.2 Å². The van der Waals surface area contributed by atoms with E-state index < -0.39 is 0 Å². The predicted octanol–water partition coefficient (Wildman–Crippen LogP) is 2.94. The summed E-state index contributed by atoms with van der Waals surface area (Å²) in [5.74, 6) is 1.63. The van der Waals surface area contributed by atoms with Gasteiger partial charge in [0, 0.05) is 24.0 Å². The van der Waals surface area contributed by atoms with Crippen LogP contribution in [0.5, 0.6) is 5.75 Å². The Morgan fingerprint density at radius 1 is 1.33 bits per heavy atom. The van der Waals surface area contributed by atoms with Crippen molar-refractivity contribution in [3.8, 4) is 5.75 Å². The first-order valence-electron chi connectivity index (χ1n) is 6.24. The molecular formula is C14H18BrNO2. The van der Waals surface area contributed by atoms with Crippen molar-refractivity contribution >= 4 is 21.8 Å². The lowest BCUT2D eigenvalue weighted by atomic mass is 9.98. The van der Waals surface area contributed by atoms with Crippen LogP contribution in [0, 0.1) is 5.92 Å². The summed E-state index contributed by atoms with van der Waals surface area (Å²) in [4.78, 5) is 14.2.